The fourth-order valence-electron chi connectivity index (χ4n) is 6.49. The lowest BCUT2D eigenvalue weighted by atomic mass is 9.88. The summed E-state index contributed by atoms with van der Waals surface area (Å²) in [7, 11) is 1.73. The number of carboxylic acid groups (broad SMARTS) is 2. The molecule has 0 spiro atoms. The van der Waals surface area contributed by atoms with E-state index in [1.54, 1.807) is 28.9 Å². The Morgan fingerprint density at radius 1 is 0.872 bits per heavy atom. The average Bonchev–Trinajstić information content (AvgIpc) is 3.63. The Morgan fingerprint density at radius 3 is 1.96 bits per heavy atom. The maximum atomic E-state index is 13.6. The zero-order chi connectivity index (χ0) is 33.6. The molecule has 47 heavy (non-hydrogen) atoms. The van der Waals surface area contributed by atoms with E-state index in [2.05, 4.69) is 29.1 Å². The van der Waals surface area contributed by atoms with Crippen molar-refractivity contribution in [2.45, 2.75) is 83.7 Å². The first-order valence-corrected chi connectivity index (χ1v) is 15.5. The highest BCUT2D eigenvalue weighted by Gasteiger charge is 2.37. The van der Waals surface area contributed by atoms with Crippen molar-refractivity contribution >= 4 is 30.1 Å². The topological polar surface area (TPSA) is 81.8 Å². The Labute approximate surface area is 276 Å². The van der Waals surface area contributed by atoms with Crippen LogP contribution in [0.5, 0.6) is 0 Å². The van der Waals surface area contributed by atoms with Gasteiger partial charge in [0.15, 0.2) is 5.82 Å². The molecule has 0 unspecified atom stereocenters. The number of aryl methyl sites for hydroxylation is 3. The minimum atomic E-state index is -4.90. The third-order valence-corrected chi connectivity index (χ3v) is 8.62. The molecule has 3 aromatic rings. The number of anilines is 2. The van der Waals surface area contributed by atoms with Crippen molar-refractivity contribution in [3.8, 4) is 0 Å². The lowest BCUT2D eigenvalue weighted by Crippen LogP contribution is -2.32. The second-order valence-electron chi connectivity index (χ2n) is 12.0. The molecular weight excluding hydrogens is 650 g/mol. The van der Waals surface area contributed by atoms with E-state index in [-0.39, 0.29) is 30.6 Å². The summed E-state index contributed by atoms with van der Waals surface area (Å²) in [6, 6.07) is 8.02. The molecule has 1 aromatic heterocycles. The molecule has 2 aliphatic rings. The highest BCUT2D eigenvalue weighted by atomic mass is 35.5. The Balaban J connectivity index is 0.00000114. The first-order valence-electron chi connectivity index (χ1n) is 15.5. The van der Waals surface area contributed by atoms with Crippen LogP contribution in [0.2, 0.25) is 0 Å². The zero-order valence-corrected chi connectivity index (χ0v) is 27.2. The number of nitrogens with zero attached hydrogens (tertiary/aromatic N) is 4. The van der Waals surface area contributed by atoms with Crippen LogP contribution in [-0.4, -0.2) is 39.2 Å². The number of benzene rings is 2. The minimum Gasteiger partial charge on any atom is -0.450 e. The molecule has 1 fully saturated rings. The molecule has 0 radical (unpaired) electrons. The molecule has 2 aliphatic carbocycles. The van der Waals surface area contributed by atoms with Crippen molar-refractivity contribution in [3.63, 3.8) is 0 Å². The largest absolute Gasteiger partial charge is 0.503 e. The number of fused-ring (bicyclic) bond motifs is 1. The van der Waals surface area contributed by atoms with Crippen LogP contribution in [-0.2, 0) is 45.3 Å². The van der Waals surface area contributed by atoms with Gasteiger partial charge >= 0.3 is 18.5 Å². The number of rotatable bonds is 9. The Kier molecular flexibility index (Phi) is 12.9. The number of aromatic nitrogens is 2. The molecule has 260 valence electrons. The van der Waals surface area contributed by atoms with Crippen molar-refractivity contribution in [1.82, 2.24) is 9.78 Å². The first-order chi connectivity index (χ1) is 21.6. The molecule has 0 amide bonds. The molecule has 0 saturated heterocycles. The highest BCUT2D eigenvalue weighted by Crippen LogP contribution is 2.38. The predicted octanol–water partition coefficient (Wildman–Crippen LogP) is 9.20. The quantitative estimate of drug-likeness (QED) is 0.218. The summed E-state index contributed by atoms with van der Waals surface area (Å²) in [4.78, 5) is 12.7. The fraction of sp³-hybridized carbons (Fsp3) is 0.515. The van der Waals surface area contributed by atoms with Gasteiger partial charge in [-0.1, -0.05) is 25.3 Å². The van der Waals surface area contributed by atoms with Crippen LogP contribution < -0.4 is 9.80 Å². The number of hydrogen-bond acceptors (Lipinski definition) is 4. The molecule has 7 nitrogen and oxygen atoms in total. The Morgan fingerprint density at radius 2 is 1.45 bits per heavy atom. The maximum Gasteiger partial charge on any atom is 0.503 e. The van der Waals surface area contributed by atoms with Crippen molar-refractivity contribution in [3.05, 3.63) is 76.0 Å². The highest BCUT2D eigenvalue weighted by molar-refractivity contribution is 5.85. The van der Waals surface area contributed by atoms with Crippen molar-refractivity contribution in [2.75, 3.05) is 22.9 Å². The maximum absolute atomic E-state index is 13.6. The monoisotopic (exact) mass is 690 g/mol. The van der Waals surface area contributed by atoms with Crippen LogP contribution in [0.1, 0.15) is 78.8 Å². The Hall–Kier alpha value is -3.61. The molecule has 0 aliphatic heterocycles. The second-order valence-corrected chi connectivity index (χ2v) is 12.0. The van der Waals surface area contributed by atoms with Gasteiger partial charge in [0.2, 0.25) is 0 Å². The lowest BCUT2D eigenvalue weighted by molar-refractivity contribution is -0.143. The van der Waals surface area contributed by atoms with Crippen LogP contribution in [0, 0.1) is 5.92 Å². The smallest absolute Gasteiger partial charge is 0.450 e. The van der Waals surface area contributed by atoms with E-state index in [4.69, 9.17) is 15.0 Å². The van der Waals surface area contributed by atoms with Crippen LogP contribution in [0.4, 0.5) is 42.6 Å². The number of halogens is 7. The third-order valence-electron chi connectivity index (χ3n) is 8.62. The summed E-state index contributed by atoms with van der Waals surface area (Å²) in [5.41, 5.74) is 2.02. The van der Waals surface area contributed by atoms with E-state index in [9.17, 15) is 26.3 Å². The van der Waals surface area contributed by atoms with Crippen molar-refractivity contribution < 1.29 is 41.4 Å². The second kappa shape index (κ2) is 16.0. The number of alkyl halides is 6. The summed E-state index contributed by atoms with van der Waals surface area (Å²) in [6.45, 7) is 4.04. The van der Waals surface area contributed by atoms with Gasteiger partial charge in [0, 0.05) is 51.2 Å². The summed E-state index contributed by atoms with van der Waals surface area (Å²) >= 11 is 0. The van der Waals surface area contributed by atoms with Gasteiger partial charge in [0.05, 0.1) is 11.1 Å². The van der Waals surface area contributed by atoms with E-state index in [1.807, 2.05) is 0 Å². The Bertz CT molecular complexity index is 1450. The normalized spacial score (nSPS) is 14.9. The summed E-state index contributed by atoms with van der Waals surface area (Å²) in [5, 5.41) is 18.4. The van der Waals surface area contributed by atoms with E-state index < -0.39 is 29.6 Å². The van der Waals surface area contributed by atoms with Gasteiger partial charge in [-0.05, 0) is 91.5 Å². The molecule has 1 saturated carbocycles. The standard InChI is InChI=1S/C32H38F6N4.CH2O3.ClH/c1-3-41(19-22-8-5-4-6-9-22)29-17-25-11-7-10-24(25)16-26(29)21-42(30-12-13-40(2)39-30)20-23-14-27(31(33,34)35)18-28(15-23)32(36,37)38;2-1(3)4;/h12-18,22H,3-11,19-21H2,1-2H3;(H2,2,3,4);1H. The zero-order valence-electron chi connectivity index (χ0n) is 26.4. The molecule has 2 N–H and O–H groups in total. The number of hydrogen-bond donors (Lipinski definition) is 2. The van der Waals surface area contributed by atoms with Gasteiger partial charge in [-0.3, -0.25) is 4.68 Å². The first kappa shape index (κ1) is 37.8. The van der Waals surface area contributed by atoms with Crippen molar-refractivity contribution in [2.24, 2.45) is 13.0 Å². The minimum absolute atomic E-state index is 0. The fourth-order valence-corrected chi connectivity index (χ4v) is 6.49. The van der Waals surface area contributed by atoms with Gasteiger partial charge in [0.25, 0.3) is 0 Å². The number of carbonyl (C=O) groups is 1. The van der Waals surface area contributed by atoms with Gasteiger partial charge < -0.3 is 20.0 Å². The summed E-state index contributed by atoms with van der Waals surface area (Å²) in [5.74, 6) is 1.10. The van der Waals surface area contributed by atoms with Crippen LogP contribution in [0.25, 0.3) is 0 Å². The molecule has 14 heteroatoms. The van der Waals surface area contributed by atoms with Gasteiger partial charge in [0.1, 0.15) is 0 Å². The van der Waals surface area contributed by atoms with Crippen LogP contribution in [0.15, 0.2) is 42.6 Å². The van der Waals surface area contributed by atoms with Gasteiger partial charge in [-0.2, -0.15) is 31.4 Å². The molecule has 0 atom stereocenters. The van der Waals surface area contributed by atoms with Crippen LogP contribution in [0.3, 0.4) is 0 Å². The molecule has 5 rings (SSSR count). The SMILES string of the molecule is CCN(CC1CCCCC1)c1cc2c(cc1CN(Cc1cc(C(F)(F)F)cc(C(F)(F)F)c1)c1ccn(C)n1)CCC2.Cl.O=C(O)O. The van der Waals surface area contributed by atoms with Crippen molar-refractivity contribution in [1.29, 1.82) is 0 Å². The van der Waals surface area contributed by atoms with E-state index >= 15 is 0 Å². The lowest BCUT2D eigenvalue weighted by Gasteiger charge is -2.33. The molecular formula is C33H41ClF6N4O3. The van der Waals surface area contributed by atoms with Gasteiger partial charge in [-0.25, -0.2) is 4.79 Å². The summed E-state index contributed by atoms with van der Waals surface area (Å²) in [6.07, 6.45) is -0.713. The predicted molar refractivity (Wildman–Crippen MR) is 170 cm³/mol. The third kappa shape index (κ3) is 10.4. The molecule has 0 bridgehead atoms. The van der Waals surface area contributed by atoms with Crippen LogP contribution >= 0.6 is 12.4 Å². The molecule has 1 heterocycles. The molecule has 2 aromatic carbocycles. The van der Waals surface area contributed by atoms with Gasteiger partial charge in [-0.15, -0.1) is 12.4 Å². The van der Waals surface area contributed by atoms with E-state index in [1.165, 1.54) is 43.2 Å². The van der Waals surface area contributed by atoms with E-state index in [0.717, 1.165) is 55.7 Å². The summed E-state index contributed by atoms with van der Waals surface area (Å²) < 4.78 is 83.5. The van der Waals surface area contributed by atoms with E-state index in [0.29, 0.717) is 18.3 Å². The average molecular weight is 691 g/mol.